The number of ether oxygens (including phenoxy) is 1. The number of methoxy groups -OCH3 is 1. The second kappa shape index (κ2) is 6.54. The maximum Gasteiger partial charge on any atom is 0.294 e. The highest BCUT2D eigenvalue weighted by Crippen LogP contribution is 2.25. The zero-order valence-corrected chi connectivity index (χ0v) is 12.3. The van der Waals surface area contributed by atoms with Crippen molar-refractivity contribution in [3.05, 3.63) is 28.2 Å². The van der Waals surface area contributed by atoms with E-state index in [1.807, 2.05) is 13.8 Å². The Hall–Kier alpha value is -1.36. The van der Waals surface area contributed by atoms with E-state index in [4.69, 9.17) is 4.74 Å². The molecule has 1 rings (SSSR count). The summed E-state index contributed by atoms with van der Waals surface area (Å²) in [6, 6.07) is 4.85. The minimum absolute atomic E-state index is 0.361. The molecule has 0 heterocycles. The van der Waals surface area contributed by atoms with Crippen molar-refractivity contribution in [2.75, 3.05) is 20.2 Å². The van der Waals surface area contributed by atoms with Crippen LogP contribution in [0.2, 0.25) is 0 Å². The van der Waals surface area contributed by atoms with Gasteiger partial charge in [0, 0.05) is 18.7 Å². The summed E-state index contributed by atoms with van der Waals surface area (Å²) in [5.41, 5.74) is 0.361. The van der Waals surface area contributed by atoms with Crippen LogP contribution in [0.25, 0.3) is 0 Å². The van der Waals surface area contributed by atoms with Gasteiger partial charge in [-0.15, -0.1) is 0 Å². The van der Waals surface area contributed by atoms with Gasteiger partial charge in [0.15, 0.2) is 0 Å². The van der Waals surface area contributed by atoms with E-state index < -0.39 is 11.7 Å². The van der Waals surface area contributed by atoms with Gasteiger partial charge >= 0.3 is 0 Å². The van der Waals surface area contributed by atoms with Crippen molar-refractivity contribution in [1.82, 2.24) is 4.90 Å². The van der Waals surface area contributed by atoms with Gasteiger partial charge in [0.1, 0.15) is 5.75 Å². The quantitative estimate of drug-likeness (QED) is 0.620. The SMILES string of the molecule is CCN(CC)C(=O)C(=O)c1ccc(OC)c(Br)c1. The first kappa shape index (κ1) is 14.7. The second-order valence-electron chi connectivity index (χ2n) is 3.66. The summed E-state index contributed by atoms with van der Waals surface area (Å²) in [5, 5.41) is 0. The van der Waals surface area contributed by atoms with E-state index in [2.05, 4.69) is 15.9 Å². The summed E-state index contributed by atoms with van der Waals surface area (Å²) in [6.07, 6.45) is 0. The van der Waals surface area contributed by atoms with Gasteiger partial charge in [0.2, 0.25) is 5.78 Å². The van der Waals surface area contributed by atoms with Gasteiger partial charge in [-0.3, -0.25) is 9.59 Å². The van der Waals surface area contributed by atoms with Crippen molar-refractivity contribution in [1.29, 1.82) is 0 Å². The summed E-state index contributed by atoms with van der Waals surface area (Å²) < 4.78 is 5.73. The van der Waals surface area contributed by atoms with Crippen LogP contribution in [-0.4, -0.2) is 36.8 Å². The summed E-state index contributed by atoms with van der Waals surface area (Å²) in [6.45, 7) is 4.74. The van der Waals surface area contributed by atoms with Crippen LogP contribution in [0.15, 0.2) is 22.7 Å². The molecule has 0 aliphatic rings. The Morgan fingerprint density at radius 2 is 1.89 bits per heavy atom. The molecule has 0 aliphatic carbocycles. The van der Waals surface area contributed by atoms with Gasteiger partial charge in [-0.05, 0) is 48.0 Å². The first-order chi connectivity index (χ1) is 8.54. The molecule has 0 bridgehead atoms. The highest BCUT2D eigenvalue weighted by atomic mass is 79.9. The molecule has 0 radical (unpaired) electrons. The fourth-order valence-corrected chi connectivity index (χ4v) is 2.13. The van der Waals surface area contributed by atoms with Crippen LogP contribution in [0.4, 0.5) is 0 Å². The van der Waals surface area contributed by atoms with Gasteiger partial charge in [-0.25, -0.2) is 0 Å². The Morgan fingerprint density at radius 1 is 1.28 bits per heavy atom. The van der Waals surface area contributed by atoms with Crippen molar-refractivity contribution in [2.45, 2.75) is 13.8 Å². The van der Waals surface area contributed by atoms with Crippen LogP contribution in [0.5, 0.6) is 5.75 Å². The van der Waals surface area contributed by atoms with Gasteiger partial charge < -0.3 is 9.64 Å². The maximum absolute atomic E-state index is 12.0. The number of nitrogens with zero attached hydrogens (tertiary/aromatic N) is 1. The Balaban J connectivity index is 2.97. The van der Waals surface area contributed by atoms with Crippen molar-refractivity contribution in [2.24, 2.45) is 0 Å². The zero-order chi connectivity index (χ0) is 13.7. The number of ketones is 1. The third-order valence-corrected chi connectivity index (χ3v) is 3.28. The fraction of sp³-hybridized carbons (Fsp3) is 0.385. The van der Waals surface area contributed by atoms with E-state index in [1.165, 1.54) is 4.90 Å². The number of halogens is 1. The lowest BCUT2D eigenvalue weighted by Crippen LogP contribution is -2.36. The minimum Gasteiger partial charge on any atom is -0.496 e. The van der Waals surface area contributed by atoms with Crippen LogP contribution >= 0.6 is 15.9 Å². The molecule has 0 fully saturated rings. The molecular weight excluding hydrogens is 298 g/mol. The molecule has 1 aromatic carbocycles. The smallest absolute Gasteiger partial charge is 0.294 e. The molecular formula is C13H16BrNO3. The average Bonchev–Trinajstić information content (AvgIpc) is 2.39. The molecule has 98 valence electrons. The van der Waals surface area contributed by atoms with E-state index in [0.29, 0.717) is 28.9 Å². The largest absolute Gasteiger partial charge is 0.496 e. The molecule has 1 aromatic rings. The van der Waals surface area contributed by atoms with Crippen molar-refractivity contribution < 1.29 is 14.3 Å². The number of carbonyl (C=O) groups excluding carboxylic acids is 2. The van der Waals surface area contributed by atoms with E-state index in [-0.39, 0.29) is 0 Å². The standard InChI is InChI=1S/C13H16BrNO3/c1-4-15(5-2)13(17)12(16)9-6-7-11(18-3)10(14)8-9/h6-8H,4-5H2,1-3H3. The van der Waals surface area contributed by atoms with E-state index in [9.17, 15) is 9.59 Å². The Kier molecular flexibility index (Phi) is 5.34. The molecule has 5 heteroatoms. The molecule has 18 heavy (non-hydrogen) atoms. The maximum atomic E-state index is 12.0. The van der Waals surface area contributed by atoms with Crippen LogP contribution in [0.1, 0.15) is 24.2 Å². The van der Waals surface area contributed by atoms with E-state index in [1.54, 1.807) is 25.3 Å². The number of benzene rings is 1. The van der Waals surface area contributed by atoms with E-state index >= 15 is 0 Å². The predicted octanol–water partition coefficient (Wildman–Crippen LogP) is 2.51. The number of carbonyl (C=O) groups is 2. The average molecular weight is 314 g/mol. The first-order valence-electron chi connectivity index (χ1n) is 5.72. The number of Topliss-reactive ketones (excluding diaryl/α,β-unsaturated/α-hetero) is 1. The van der Waals surface area contributed by atoms with Gasteiger partial charge in [0.25, 0.3) is 5.91 Å². The summed E-state index contributed by atoms with van der Waals surface area (Å²) in [4.78, 5) is 25.4. The minimum atomic E-state index is -0.498. The highest BCUT2D eigenvalue weighted by molar-refractivity contribution is 9.10. The summed E-state index contributed by atoms with van der Waals surface area (Å²) in [5.74, 6) is -0.346. The molecule has 1 amide bonds. The van der Waals surface area contributed by atoms with Crippen molar-refractivity contribution in [3.8, 4) is 5.75 Å². The number of amides is 1. The lowest BCUT2D eigenvalue weighted by Gasteiger charge is -2.17. The third-order valence-electron chi connectivity index (χ3n) is 2.66. The second-order valence-corrected chi connectivity index (χ2v) is 4.51. The molecule has 0 unspecified atom stereocenters. The van der Waals surface area contributed by atoms with Crippen LogP contribution < -0.4 is 4.74 Å². The van der Waals surface area contributed by atoms with Crippen LogP contribution in [0, 0.1) is 0 Å². The molecule has 0 N–H and O–H groups in total. The summed E-state index contributed by atoms with van der Waals surface area (Å²) in [7, 11) is 1.54. The fourth-order valence-electron chi connectivity index (χ4n) is 1.59. The lowest BCUT2D eigenvalue weighted by atomic mass is 10.1. The monoisotopic (exact) mass is 313 g/mol. The van der Waals surface area contributed by atoms with Crippen LogP contribution in [-0.2, 0) is 4.79 Å². The highest BCUT2D eigenvalue weighted by Gasteiger charge is 2.21. The molecule has 0 spiro atoms. The first-order valence-corrected chi connectivity index (χ1v) is 6.51. The lowest BCUT2D eigenvalue weighted by molar-refractivity contribution is -0.126. The number of hydrogen-bond acceptors (Lipinski definition) is 3. The van der Waals surface area contributed by atoms with E-state index in [0.717, 1.165) is 0 Å². The predicted molar refractivity (Wildman–Crippen MR) is 73.0 cm³/mol. The number of hydrogen-bond donors (Lipinski definition) is 0. The molecule has 0 atom stereocenters. The van der Waals surface area contributed by atoms with Gasteiger partial charge in [-0.2, -0.15) is 0 Å². The van der Waals surface area contributed by atoms with Gasteiger partial charge in [-0.1, -0.05) is 0 Å². The molecule has 0 aromatic heterocycles. The molecule has 4 nitrogen and oxygen atoms in total. The topological polar surface area (TPSA) is 46.6 Å². The number of rotatable bonds is 5. The van der Waals surface area contributed by atoms with Gasteiger partial charge in [0.05, 0.1) is 11.6 Å². The number of likely N-dealkylation sites (N-methyl/N-ethyl adjacent to an activating group) is 1. The molecule has 0 saturated carbocycles. The summed E-state index contributed by atoms with van der Waals surface area (Å²) >= 11 is 3.29. The zero-order valence-electron chi connectivity index (χ0n) is 10.7. The van der Waals surface area contributed by atoms with Crippen molar-refractivity contribution in [3.63, 3.8) is 0 Å². The van der Waals surface area contributed by atoms with Crippen molar-refractivity contribution >= 4 is 27.6 Å². The Morgan fingerprint density at radius 3 is 2.33 bits per heavy atom. The molecule has 0 saturated heterocycles. The van der Waals surface area contributed by atoms with Crippen LogP contribution in [0.3, 0.4) is 0 Å². The molecule has 0 aliphatic heterocycles. The third kappa shape index (κ3) is 3.10. The Bertz CT molecular complexity index is 456. The Labute approximate surface area is 115 Å². The normalized spacial score (nSPS) is 10.0.